The molecule has 11 nitrogen and oxygen atoms in total. The van der Waals surface area contributed by atoms with Crippen LogP contribution in [0.3, 0.4) is 0 Å². The number of aromatic nitrogens is 1. The van der Waals surface area contributed by atoms with Crippen molar-refractivity contribution in [2.75, 3.05) is 59.1 Å². The van der Waals surface area contributed by atoms with Gasteiger partial charge in [0.05, 0.1) is 18.8 Å². The minimum atomic E-state index is -5.08. The minimum absolute atomic E-state index is 0.0618. The van der Waals surface area contributed by atoms with Crippen LogP contribution in [0.5, 0.6) is 5.75 Å². The summed E-state index contributed by atoms with van der Waals surface area (Å²) in [5, 5.41) is 19.3. The highest BCUT2D eigenvalue weighted by Crippen LogP contribution is 2.39. The molecule has 4 heterocycles. The van der Waals surface area contributed by atoms with Gasteiger partial charge in [-0.1, -0.05) is 18.2 Å². The van der Waals surface area contributed by atoms with Crippen molar-refractivity contribution in [1.29, 1.82) is 0 Å². The number of hydrogen-bond acceptors (Lipinski definition) is 7. The second-order valence-electron chi connectivity index (χ2n) is 11.2. The van der Waals surface area contributed by atoms with Gasteiger partial charge in [-0.2, -0.15) is 26.3 Å². The van der Waals surface area contributed by atoms with Crippen LogP contribution in [-0.2, 0) is 26.3 Å². The number of likely N-dealkylation sites (tertiary alicyclic amines) is 1. The molecule has 6 rings (SSSR count). The largest absolute Gasteiger partial charge is 0.492 e. The third kappa shape index (κ3) is 9.17. The molecule has 3 aromatic rings. The molecule has 1 amide bonds. The summed E-state index contributed by atoms with van der Waals surface area (Å²) in [4.78, 5) is 39.0. The Balaban J connectivity index is 0.000000314. The third-order valence-corrected chi connectivity index (χ3v) is 8.02. The summed E-state index contributed by atoms with van der Waals surface area (Å²) in [7, 11) is 0. The number of carboxylic acids is 2. The molecule has 0 aliphatic carbocycles. The second-order valence-corrected chi connectivity index (χ2v) is 11.2. The first kappa shape index (κ1) is 36.5. The lowest BCUT2D eigenvalue weighted by Crippen LogP contribution is -2.49. The van der Waals surface area contributed by atoms with Gasteiger partial charge >= 0.3 is 24.3 Å². The number of carbonyl (C=O) groups is 3. The summed E-state index contributed by atoms with van der Waals surface area (Å²) < 4.78 is 74.8. The lowest BCUT2D eigenvalue weighted by atomic mass is 9.86. The first-order valence-electron chi connectivity index (χ1n) is 14.9. The number of ether oxygens (including phenoxy) is 2. The summed E-state index contributed by atoms with van der Waals surface area (Å²) in [5.41, 5.74) is 4.50. The Morgan fingerprint density at radius 3 is 2.15 bits per heavy atom. The van der Waals surface area contributed by atoms with Crippen molar-refractivity contribution in [3.8, 4) is 5.75 Å². The van der Waals surface area contributed by atoms with Crippen LogP contribution >= 0.6 is 0 Å². The molecule has 48 heavy (non-hydrogen) atoms. The lowest BCUT2D eigenvalue weighted by Gasteiger charge is -2.35. The average Bonchev–Trinajstić information content (AvgIpc) is 3.63. The Morgan fingerprint density at radius 1 is 0.917 bits per heavy atom. The molecular formula is C31H34F6N4O7. The van der Waals surface area contributed by atoms with Crippen LogP contribution in [0.15, 0.2) is 48.5 Å². The molecule has 1 atom stereocenters. The highest BCUT2D eigenvalue weighted by atomic mass is 19.4. The molecule has 4 N–H and O–H groups in total. The topological polar surface area (TPSA) is 144 Å². The molecule has 3 aliphatic heterocycles. The molecule has 2 fully saturated rings. The first-order valence-corrected chi connectivity index (χ1v) is 14.9. The van der Waals surface area contributed by atoms with E-state index >= 15 is 0 Å². The number of hydrogen-bond donors (Lipinski definition) is 4. The van der Waals surface area contributed by atoms with Crippen LogP contribution in [0.4, 0.5) is 26.3 Å². The Bertz CT molecular complexity index is 1550. The zero-order chi connectivity index (χ0) is 35.1. The molecule has 1 spiro atoms. The number of alkyl halides is 6. The fourth-order valence-electron chi connectivity index (χ4n) is 5.75. The molecular weight excluding hydrogens is 654 g/mol. The first-order chi connectivity index (χ1) is 22.6. The monoisotopic (exact) mass is 688 g/mol. The van der Waals surface area contributed by atoms with Crippen molar-refractivity contribution in [3.63, 3.8) is 0 Å². The minimum Gasteiger partial charge on any atom is -0.492 e. The molecule has 0 saturated carbocycles. The van der Waals surface area contributed by atoms with Gasteiger partial charge in [0.2, 0.25) is 0 Å². The summed E-state index contributed by atoms with van der Waals surface area (Å²) in [6.45, 7) is 7.13. The number of para-hydroxylation sites is 1. The molecule has 17 heteroatoms. The van der Waals surface area contributed by atoms with Crippen molar-refractivity contribution in [3.05, 3.63) is 65.4 Å². The Morgan fingerprint density at radius 2 is 1.54 bits per heavy atom. The Labute approximate surface area is 270 Å². The molecule has 262 valence electrons. The summed E-state index contributed by atoms with van der Waals surface area (Å²) in [6, 6.07) is 16.2. The normalized spacial score (nSPS) is 19.5. The Kier molecular flexibility index (Phi) is 11.6. The number of aliphatic carboxylic acids is 2. The van der Waals surface area contributed by atoms with E-state index in [0.717, 1.165) is 55.9 Å². The smallest absolute Gasteiger partial charge is 0.490 e. The molecule has 2 aromatic carbocycles. The van der Waals surface area contributed by atoms with Crippen LogP contribution in [0.25, 0.3) is 10.9 Å². The number of nitrogens with zero attached hydrogens (tertiary/aromatic N) is 2. The van der Waals surface area contributed by atoms with E-state index in [9.17, 15) is 31.1 Å². The molecule has 0 radical (unpaired) electrons. The number of carboxylic acid groups (broad SMARTS) is 2. The van der Waals surface area contributed by atoms with E-state index in [2.05, 4.69) is 27.3 Å². The Hall–Kier alpha value is -4.35. The summed E-state index contributed by atoms with van der Waals surface area (Å²) in [6.07, 6.45) is -8.12. The van der Waals surface area contributed by atoms with Gasteiger partial charge in [0.1, 0.15) is 12.4 Å². The molecule has 2 saturated heterocycles. The van der Waals surface area contributed by atoms with Crippen molar-refractivity contribution in [1.82, 2.24) is 20.1 Å². The number of aromatic amines is 1. The van der Waals surface area contributed by atoms with Crippen molar-refractivity contribution < 1.29 is 60.4 Å². The van der Waals surface area contributed by atoms with Gasteiger partial charge in [-0.05, 0) is 48.7 Å². The van der Waals surface area contributed by atoms with E-state index in [1.165, 1.54) is 16.6 Å². The molecule has 0 bridgehead atoms. The zero-order valence-corrected chi connectivity index (χ0v) is 25.5. The molecule has 1 unspecified atom stereocenters. The van der Waals surface area contributed by atoms with Crippen molar-refractivity contribution in [2.45, 2.75) is 30.7 Å². The second kappa shape index (κ2) is 15.3. The zero-order valence-electron chi connectivity index (χ0n) is 25.5. The fourth-order valence-corrected chi connectivity index (χ4v) is 5.75. The van der Waals surface area contributed by atoms with Gasteiger partial charge in [-0.15, -0.1) is 0 Å². The van der Waals surface area contributed by atoms with E-state index in [0.29, 0.717) is 32.9 Å². The SMILES string of the molecule is O=C(O)C(F)(F)F.O=C(O)C(F)(F)F.O=C(c1ccc2[nH]c3c(c2c1)CCNC31CCN(CCOc2ccccc2)C1)N1CCOCC1. The van der Waals surface area contributed by atoms with Crippen LogP contribution in [0.1, 0.15) is 28.0 Å². The van der Waals surface area contributed by atoms with E-state index in [-0.39, 0.29) is 11.4 Å². The van der Waals surface area contributed by atoms with E-state index in [1.807, 2.05) is 41.3 Å². The van der Waals surface area contributed by atoms with Crippen molar-refractivity contribution in [2.24, 2.45) is 0 Å². The van der Waals surface area contributed by atoms with Gasteiger partial charge in [0.25, 0.3) is 5.91 Å². The number of rotatable bonds is 5. The molecule has 3 aliphatic rings. The van der Waals surface area contributed by atoms with E-state index in [1.54, 1.807) is 0 Å². The number of H-pyrrole nitrogens is 1. The summed E-state index contributed by atoms with van der Waals surface area (Å²) >= 11 is 0. The quantitative estimate of drug-likeness (QED) is 0.292. The standard InChI is InChI=1S/C27H32N4O3.2C2HF3O2/c32-26(31-13-15-33-16-14-31)20-6-7-24-23(18-20)22-8-10-28-27(25(22)29-24)9-11-30(19-27)12-17-34-21-4-2-1-3-5-21;2*3-2(4,5)1(6)7/h1-7,18,28-29H,8-17,19H2;2*(H,6,7). The highest BCUT2D eigenvalue weighted by Gasteiger charge is 2.44. The maximum Gasteiger partial charge on any atom is 0.490 e. The predicted octanol–water partition coefficient (Wildman–Crippen LogP) is 4.03. The van der Waals surface area contributed by atoms with Gasteiger partial charge in [0, 0.05) is 61.4 Å². The average molecular weight is 689 g/mol. The highest BCUT2D eigenvalue weighted by molar-refractivity contribution is 5.99. The van der Waals surface area contributed by atoms with Crippen LogP contribution in [-0.4, -0.2) is 114 Å². The number of halogens is 6. The fraction of sp³-hybridized carbons (Fsp3) is 0.452. The van der Waals surface area contributed by atoms with Crippen LogP contribution in [0, 0.1) is 0 Å². The number of amides is 1. The van der Waals surface area contributed by atoms with Crippen LogP contribution < -0.4 is 10.1 Å². The van der Waals surface area contributed by atoms with Gasteiger partial charge < -0.3 is 34.9 Å². The molecule has 1 aromatic heterocycles. The number of morpholine rings is 1. The summed E-state index contributed by atoms with van der Waals surface area (Å²) in [5.74, 6) is -4.48. The number of nitrogens with one attached hydrogen (secondary N) is 2. The maximum absolute atomic E-state index is 13.1. The lowest BCUT2D eigenvalue weighted by molar-refractivity contribution is -0.193. The number of benzene rings is 2. The van der Waals surface area contributed by atoms with Gasteiger partial charge in [-0.25, -0.2) is 9.59 Å². The number of carbonyl (C=O) groups excluding carboxylic acids is 1. The third-order valence-electron chi connectivity index (χ3n) is 8.02. The van der Waals surface area contributed by atoms with E-state index in [4.69, 9.17) is 29.3 Å². The van der Waals surface area contributed by atoms with E-state index < -0.39 is 24.3 Å². The van der Waals surface area contributed by atoms with Crippen molar-refractivity contribution >= 4 is 28.7 Å². The predicted molar refractivity (Wildman–Crippen MR) is 159 cm³/mol. The van der Waals surface area contributed by atoms with Gasteiger partial charge in [0.15, 0.2) is 0 Å². The van der Waals surface area contributed by atoms with Crippen LogP contribution in [0.2, 0.25) is 0 Å². The number of fused-ring (bicyclic) bond motifs is 4. The maximum atomic E-state index is 13.1. The van der Waals surface area contributed by atoms with Gasteiger partial charge in [-0.3, -0.25) is 9.69 Å².